The van der Waals surface area contributed by atoms with E-state index in [1.165, 1.54) is 0 Å². The normalized spacial score (nSPS) is 10.8. The molecule has 0 fully saturated rings. The molecule has 0 aromatic carbocycles. The number of rotatable bonds is 1. The van der Waals surface area contributed by atoms with Crippen LogP contribution in [0.3, 0.4) is 0 Å². The van der Waals surface area contributed by atoms with E-state index in [1.807, 2.05) is 0 Å². The maximum Gasteiger partial charge on any atom is 0.281 e. The fraction of sp³-hybridized carbons (Fsp3) is 0.167. The Labute approximate surface area is 70.6 Å². The molecule has 0 amide bonds. The van der Waals surface area contributed by atoms with Gasteiger partial charge in [-0.15, -0.1) is 0 Å². The summed E-state index contributed by atoms with van der Waals surface area (Å²) in [5.74, 6) is -2.20. The van der Waals surface area contributed by atoms with Gasteiger partial charge in [-0.3, -0.25) is 0 Å². The van der Waals surface area contributed by atoms with Crippen molar-refractivity contribution in [3.63, 3.8) is 0 Å². The first-order chi connectivity index (χ1) is 5.52. The summed E-state index contributed by atoms with van der Waals surface area (Å²) in [7, 11) is 0. The van der Waals surface area contributed by atoms with Crippen LogP contribution in [0.4, 0.5) is 13.2 Å². The summed E-state index contributed by atoms with van der Waals surface area (Å²) >= 11 is 5.23. The van der Waals surface area contributed by atoms with Crippen molar-refractivity contribution in [3.05, 3.63) is 22.7 Å². The Morgan fingerprint density at radius 3 is 2.58 bits per heavy atom. The third-order valence-corrected chi connectivity index (χ3v) is 1.45. The van der Waals surface area contributed by atoms with Crippen molar-refractivity contribution in [1.82, 2.24) is 4.98 Å². The number of aromatic hydroxyl groups is 1. The summed E-state index contributed by atoms with van der Waals surface area (Å²) in [6, 6.07) is 0.686. The van der Waals surface area contributed by atoms with Crippen LogP contribution in [0.25, 0.3) is 0 Å². The van der Waals surface area contributed by atoms with E-state index >= 15 is 0 Å². The highest BCUT2D eigenvalue weighted by Gasteiger charge is 2.17. The van der Waals surface area contributed by atoms with Crippen molar-refractivity contribution in [3.8, 4) is 5.75 Å². The van der Waals surface area contributed by atoms with Crippen LogP contribution in [0, 0.1) is 5.95 Å². The van der Waals surface area contributed by atoms with E-state index in [1.54, 1.807) is 0 Å². The minimum atomic E-state index is -2.95. The minimum Gasteiger partial charge on any atom is -0.504 e. The maximum absolute atomic E-state index is 12.4. The molecule has 6 heteroatoms. The van der Waals surface area contributed by atoms with Crippen molar-refractivity contribution in [2.75, 3.05) is 0 Å². The second kappa shape index (κ2) is 3.18. The summed E-state index contributed by atoms with van der Waals surface area (Å²) in [5, 5.41) is 8.18. The summed E-state index contributed by atoms with van der Waals surface area (Å²) in [6.45, 7) is 0. The van der Waals surface area contributed by atoms with Gasteiger partial charge in [-0.05, 0) is 0 Å². The van der Waals surface area contributed by atoms with E-state index in [9.17, 15) is 13.2 Å². The number of hydrogen-bond acceptors (Lipinski definition) is 2. The maximum atomic E-state index is 12.4. The van der Waals surface area contributed by atoms with E-state index in [2.05, 4.69) is 4.98 Å². The van der Waals surface area contributed by atoms with Crippen molar-refractivity contribution < 1.29 is 18.3 Å². The molecule has 1 N–H and O–H groups in total. The Morgan fingerprint density at radius 1 is 1.50 bits per heavy atom. The molecule has 1 aromatic heterocycles. The van der Waals surface area contributed by atoms with E-state index < -0.39 is 28.8 Å². The van der Waals surface area contributed by atoms with Crippen molar-refractivity contribution in [2.45, 2.75) is 6.43 Å². The molecular formula is C6H3ClF3NO. The van der Waals surface area contributed by atoms with Crippen LogP contribution in [0.1, 0.15) is 12.1 Å². The molecule has 0 aliphatic carbocycles. The third kappa shape index (κ3) is 1.61. The lowest BCUT2D eigenvalue weighted by atomic mass is 10.3. The van der Waals surface area contributed by atoms with Gasteiger partial charge in [0.05, 0.1) is 5.02 Å². The first-order valence-electron chi connectivity index (χ1n) is 2.85. The highest BCUT2D eigenvalue weighted by atomic mass is 35.5. The molecule has 12 heavy (non-hydrogen) atoms. The number of aromatic nitrogens is 1. The van der Waals surface area contributed by atoms with E-state index in [4.69, 9.17) is 16.7 Å². The lowest BCUT2D eigenvalue weighted by Gasteiger charge is -2.02. The fourth-order valence-corrected chi connectivity index (χ4v) is 0.851. The molecule has 0 spiro atoms. The van der Waals surface area contributed by atoms with E-state index in [0.29, 0.717) is 6.07 Å². The zero-order valence-corrected chi connectivity index (χ0v) is 6.32. The molecule has 2 nitrogen and oxygen atoms in total. The van der Waals surface area contributed by atoms with Gasteiger partial charge >= 0.3 is 0 Å². The van der Waals surface area contributed by atoms with Crippen LogP contribution in [-0.2, 0) is 0 Å². The smallest absolute Gasteiger partial charge is 0.281 e. The highest BCUT2D eigenvalue weighted by molar-refractivity contribution is 6.31. The molecule has 0 saturated carbocycles. The largest absolute Gasteiger partial charge is 0.504 e. The third-order valence-electron chi connectivity index (χ3n) is 1.14. The van der Waals surface area contributed by atoms with Gasteiger partial charge in [0, 0.05) is 6.07 Å². The first kappa shape index (κ1) is 9.12. The Balaban J connectivity index is 3.23. The molecule has 0 radical (unpaired) electrons. The van der Waals surface area contributed by atoms with Crippen LogP contribution < -0.4 is 0 Å². The van der Waals surface area contributed by atoms with Gasteiger partial charge < -0.3 is 5.11 Å². The van der Waals surface area contributed by atoms with Crippen molar-refractivity contribution in [1.29, 1.82) is 0 Å². The molecular weight excluding hydrogens is 195 g/mol. The van der Waals surface area contributed by atoms with Crippen molar-refractivity contribution in [2.24, 2.45) is 0 Å². The van der Waals surface area contributed by atoms with E-state index in [-0.39, 0.29) is 0 Å². The summed E-state index contributed by atoms with van der Waals surface area (Å²) in [5.41, 5.74) is -0.869. The average molecular weight is 198 g/mol. The number of alkyl halides is 2. The Kier molecular flexibility index (Phi) is 2.42. The molecule has 0 aliphatic rings. The van der Waals surface area contributed by atoms with Gasteiger partial charge in [-0.1, -0.05) is 11.6 Å². The SMILES string of the molecule is Oc1cc(Cl)c(C(F)F)nc1F. The van der Waals surface area contributed by atoms with Gasteiger partial charge in [-0.2, -0.15) is 4.39 Å². The second-order valence-electron chi connectivity index (χ2n) is 1.97. The fourth-order valence-electron chi connectivity index (χ4n) is 0.623. The molecule has 0 atom stereocenters. The van der Waals surface area contributed by atoms with Crippen LogP contribution in [-0.4, -0.2) is 10.1 Å². The number of hydrogen-bond donors (Lipinski definition) is 1. The molecule has 1 heterocycles. The molecule has 1 rings (SSSR count). The van der Waals surface area contributed by atoms with Gasteiger partial charge in [-0.25, -0.2) is 13.8 Å². The summed E-state index contributed by atoms with van der Waals surface area (Å²) in [6.07, 6.45) is -2.95. The van der Waals surface area contributed by atoms with Crippen LogP contribution in [0.15, 0.2) is 6.07 Å². The molecule has 0 saturated heterocycles. The molecule has 0 unspecified atom stereocenters. The predicted octanol–water partition coefficient (Wildman–Crippen LogP) is 2.52. The van der Waals surface area contributed by atoms with Crippen LogP contribution in [0.2, 0.25) is 5.02 Å². The Bertz CT molecular complexity index is 305. The quantitative estimate of drug-likeness (QED) is 0.702. The monoisotopic (exact) mass is 197 g/mol. The highest BCUT2D eigenvalue weighted by Crippen LogP contribution is 2.28. The van der Waals surface area contributed by atoms with Crippen LogP contribution >= 0.6 is 11.6 Å². The second-order valence-corrected chi connectivity index (χ2v) is 2.37. The van der Waals surface area contributed by atoms with Gasteiger partial charge in [0.2, 0.25) is 0 Å². The summed E-state index contributed by atoms with van der Waals surface area (Å²) < 4.78 is 36.3. The zero-order chi connectivity index (χ0) is 9.30. The summed E-state index contributed by atoms with van der Waals surface area (Å²) in [4.78, 5) is 2.77. The van der Waals surface area contributed by atoms with Crippen molar-refractivity contribution >= 4 is 11.6 Å². The molecule has 1 aromatic rings. The van der Waals surface area contributed by atoms with Gasteiger partial charge in [0.15, 0.2) is 5.75 Å². The molecule has 66 valence electrons. The van der Waals surface area contributed by atoms with Crippen LogP contribution in [0.5, 0.6) is 5.75 Å². The van der Waals surface area contributed by atoms with Gasteiger partial charge in [0.25, 0.3) is 12.4 Å². The lowest BCUT2D eigenvalue weighted by molar-refractivity contribution is 0.144. The topological polar surface area (TPSA) is 33.1 Å². The standard InChI is InChI=1S/C6H3ClF3NO/c7-2-1-3(12)6(10)11-4(2)5(8)9/h1,5,12H. The zero-order valence-electron chi connectivity index (χ0n) is 5.56. The molecule has 0 bridgehead atoms. The van der Waals surface area contributed by atoms with Gasteiger partial charge in [0.1, 0.15) is 5.69 Å². The number of halogens is 4. The molecule has 0 aliphatic heterocycles. The average Bonchev–Trinajstić information content (AvgIpc) is 1.96. The Morgan fingerprint density at radius 2 is 2.08 bits per heavy atom. The Hall–Kier alpha value is -0.970. The number of pyridine rings is 1. The van der Waals surface area contributed by atoms with E-state index in [0.717, 1.165) is 0 Å². The first-order valence-corrected chi connectivity index (χ1v) is 3.23. The number of nitrogens with zero attached hydrogens (tertiary/aromatic N) is 1. The minimum absolute atomic E-state index is 0.455. The lowest BCUT2D eigenvalue weighted by Crippen LogP contribution is -1.94. The predicted molar refractivity (Wildman–Crippen MR) is 35.8 cm³/mol.